The van der Waals surface area contributed by atoms with Crippen LogP contribution in [0.5, 0.6) is 0 Å². The number of para-hydroxylation sites is 2. The monoisotopic (exact) mass is 522 g/mol. The number of aromatic amines is 2. The molecule has 0 fully saturated rings. The maximum atomic E-state index is 12.2. The molecule has 40 heavy (non-hydrogen) atoms. The summed E-state index contributed by atoms with van der Waals surface area (Å²) in [5.74, 6) is 0. The van der Waals surface area contributed by atoms with Crippen LogP contribution < -0.4 is 10.9 Å². The Hall–Kier alpha value is -4.70. The lowest BCUT2D eigenvalue weighted by molar-refractivity contribution is 0.912. The molecule has 0 saturated heterocycles. The van der Waals surface area contributed by atoms with E-state index in [-0.39, 0.29) is 10.9 Å². The van der Waals surface area contributed by atoms with E-state index < -0.39 is 0 Å². The molecule has 0 spiro atoms. The third-order valence-corrected chi connectivity index (χ3v) is 8.29. The first kappa shape index (κ1) is 24.3. The van der Waals surface area contributed by atoms with Crippen molar-refractivity contribution >= 4 is 21.8 Å². The van der Waals surface area contributed by atoms with E-state index in [2.05, 4.69) is 46.4 Å². The molecule has 4 nitrogen and oxygen atoms in total. The molecule has 2 aliphatic rings. The number of hydrogen-bond acceptors (Lipinski definition) is 2. The minimum atomic E-state index is 0.0786. The van der Waals surface area contributed by atoms with Crippen LogP contribution >= 0.6 is 0 Å². The van der Waals surface area contributed by atoms with E-state index in [0.717, 1.165) is 57.2 Å². The highest BCUT2D eigenvalue weighted by molar-refractivity contribution is 5.82. The van der Waals surface area contributed by atoms with E-state index in [0.29, 0.717) is 0 Å². The number of fused-ring (bicyclic) bond motifs is 4. The summed E-state index contributed by atoms with van der Waals surface area (Å²) >= 11 is 0. The van der Waals surface area contributed by atoms with Gasteiger partial charge in [-0.1, -0.05) is 48.5 Å². The standard InChI is InChI=1S/2C18H15NO/c2*20-18-11-17(19-16-7-2-1-6-15(16)18)14-9-8-12-4-3-5-13(12)10-14/h2*1-2,6-11H,3-5H2,(H,19,20). The van der Waals surface area contributed by atoms with E-state index in [4.69, 9.17) is 0 Å². The summed E-state index contributed by atoms with van der Waals surface area (Å²) in [6.07, 6.45) is 7.16. The van der Waals surface area contributed by atoms with Crippen molar-refractivity contribution in [2.45, 2.75) is 38.5 Å². The van der Waals surface area contributed by atoms with Gasteiger partial charge in [0.1, 0.15) is 0 Å². The topological polar surface area (TPSA) is 65.7 Å². The van der Waals surface area contributed by atoms with Crippen molar-refractivity contribution in [3.63, 3.8) is 0 Å². The SMILES string of the molecule is O=c1cc(-c2ccc3c(c2)CCC3)[nH]c2ccccc12.O=c1cc(-c2ccc3c(c2)CCC3)[nH]c2ccccc12. The number of aryl methyl sites for hydroxylation is 4. The van der Waals surface area contributed by atoms with E-state index in [9.17, 15) is 9.59 Å². The van der Waals surface area contributed by atoms with Crippen LogP contribution in [0.2, 0.25) is 0 Å². The van der Waals surface area contributed by atoms with Crippen molar-refractivity contribution < 1.29 is 0 Å². The van der Waals surface area contributed by atoms with Crippen LogP contribution in [0.1, 0.15) is 35.1 Å². The second-order valence-electron chi connectivity index (χ2n) is 10.9. The highest BCUT2D eigenvalue weighted by atomic mass is 16.1. The molecule has 6 aromatic rings. The molecular weight excluding hydrogens is 492 g/mol. The maximum Gasteiger partial charge on any atom is 0.190 e. The van der Waals surface area contributed by atoms with Crippen LogP contribution in [-0.2, 0) is 25.7 Å². The molecular formula is C36H30N2O2. The average molecular weight is 523 g/mol. The third-order valence-electron chi connectivity index (χ3n) is 8.29. The normalized spacial score (nSPS) is 13.6. The van der Waals surface area contributed by atoms with Crippen molar-refractivity contribution in [3.8, 4) is 22.5 Å². The summed E-state index contributed by atoms with van der Waals surface area (Å²) in [5, 5.41) is 1.50. The van der Waals surface area contributed by atoms with Gasteiger partial charge in [0, 0.05) is 45.3 Å². The van der Waals surface area contributed by atoms with Crippen molar-refractivity contribution in [1.82, 2.24) is 9.97 Å². The molecule has 0 radical (unpaired) electrons. The lowest BCUT2D eigenvalue weighted by Crippen LogP contribution is -2.02. The Morgan fingerprint density at radius 1 is 0.450 bits per heavy atom. The predicted molar refractivity (Wildman–Crippen MR) is 164 cm³/mol. The lowest BCUT2D eigenvalue weighted by atomic mass is 10.0. The third kappa shape index (κ3) is 4.56. The van der Waals surface area contributed by atoms with E-state index in [1.54, 1.807) is 12.1 Å². The Morgan fingerprint density at radius 3 is 1.35 bits per heavy atom. The zero-order chi connectivity index (χ0) is 27.1. The highest BCUT2D eigenvalue weighted by Gasteiger charge is 2.13. The van der Waals surface area contributed by atoms with Gasteiger partial charge in [-0.2, -0.15) is 0 Å². The van der Waals surface area contributed by atoms with Crippen LogP contribution in [0.25, 0.3) is 44.3 Å². The minimum absolute atomic E-state index is 0.0786. The Morgan fingerprint density at radius 2 is 0.875 bits per heavy atom. The molecule has 0 bridgehead atoms. The lowest BCUT2D eigenvalue weighted by Gasteiger charge is -2.07. The number of rotatable bonds is 2. The molecule has 2 aromatic heterocycles. The fraction of sp³-hybridized carbons (Fsp3) is 0.167. The molecule has 4 aromatic carbocycles. The zero-order valence-electron chi connectivity index (χ0n) is 22.3. The molecule has 0 aliphatic heterocycles. The van der Waals surface area contributed by atoms with Gasteiger partial charge in [-0.05, 0) is 108 Å². The number of hydrogen-bond donors (Lipinski definition) is 2. The summed E-state index contributed by atoms with van der Waals surface area (Å²) < 4.78 is 0. The summed E-state index contributed by atoms with van der Waals surface area (Å²) in [7, 11) is 0. The van der Waals surface area contributed by atoms with Gasteiger partial charge in [0.05, 0.1) is 0 Å². The quantitative estimate of drug-likeness (QED) is 0.249. The van der Waals surface area contributed by atoms with E-state index in [1.165, 1.54) is 47.9 Å². The minimum Gasteiger partial charge on any atom is -0.354 e. The molecule has 2 N–H and O–H groups in total. The average Bonchev–Trinajstić information content (AvgIpc) is 3.66. The van der Waals surface area contributed by atoms with Gasteiger partial charge in [0.25, 0.3) is 0 Å². The van der Waals surface area contributed by atoms with Gasteiger partial charge in [-0.3, -0.25) is 9.59 Å². The van der Waals surface area contributed by atoms with Crippen LogP contribution in [0.4, 0.5) is 0 Å². The van der Waals surface area contributed by atoms with Gasteiger partial charge in [0.15, 0.2) is 10.9 Å². The number of nitrogens with one attached hydrogen (secondary N) is 2. The Bertz CT molecular complexity index is 1870. The Labute approximate surface area is 232 Å². The van der Waals surface area contributed by atoms with Crippen molar-refractivity contribution in [1.29, 1.82) is 0 Å². The van der Waals surface area contributed by atoms with Gasteiger partial charge >= 0.3 is 0 Å². The van der Waals surface area contributed by atoms with Crippen LogP contribution in [0, 0.1) is 0 Å². The predicted octanol–water partition coefficient (Wildman–Crippen LogP) is 7.37. The summed E-state index contributed by atoms with van der Waals surface area (Å²) in [5.41, 5.74) is 11.7. The van der Waals surface area contributed by atoms with Gasteiger partial charge in [-0.25, -0.2) is 0 Å². The van der Waals surface area contributed by atoms with Crippen LogP contribution in [0.3, 0.4) is 0 Å². The van der Waals surface area contributed by atoms with E-state index >= 15 is 0 Å². The number of pyridine rings is 2. The van der Waals surface area contributed by atoms with Crippen LogP contribution in [0.15, 0.2) is 107 Å². The van der Waals surface area contributed by atoms with Gasteiger partial charge in [-0.15, -0.1) is 0 Å². The molecule has 196 valence electrons. The van der Waals surface area contributed by atoms with Gasteiger partial charge in [0.2, 0.25) is 0 Å². The molecule has 2 heterocycles. The zero-order valence-corrected chi connectivity index (χ0v) is 22.3. The largest absolute Gasteiger partial charge is 0.354 e. The smallest absolute Gasteiger partial charge is 0.190 e. The van der Waals surface area contributed by atoms with E-state index in [1.807, 2.05) is 48.5 Å². The maximum absolute atomic E-state index is 12.2. The van der Waals surface area contributed by atoms with Crippen molar-refractivity contribution in [2.24, 2.45) is 0 Å². The highest BCUT2D eigenvalue weighted by Crippen LogP contribution is 2.28. The summed E-state index contributed by atoms with van der Waals surface area (Å²) in [4.78, 5) is 31.1. The first-order valence-electron chi connectivity index (χ1n) is 14.1. The first-order valence-corrected chi connectivity index (χ1v) is 14.1. The Kier molecular flexibility index (Phi) is 6.16. The summed E-state index contributed by atoms with van der Waals surface area (Å²) in [6, 6.07) is 31.8. The fourth-order valence-corrected chi connectivity index (χ4v) is 6.18. The number of benzene rings is 4. The Balaban J connectivity index is 0.000000132. The van der Waals surface area contributed by atoms with Gasteiger partial charge < -0.3 is 9.97 Å². The molecule has 8 rings (SSSR count). The molecule has 0 unspecified atom stereocenters. The number of aromatic nitrogens is 2. The molecule has 0 saturated carbocycles. The van der Waals surface area contributed by atoms with Crippen molar-refractivity contribution in [3.05, 3.63) is 140 Å². The second-order valence-corrected chi connectivity index (χ2v) is 10.9. The van der Waals surface area contributed by atoms with Crippen molar-refractivity contribution in [2.75, 3.05) is 0 Å². The summed E-state index contributed by atoms with van der Waals surface area (Å²) in [6.45, 7) is 0. The van der Waals surface area contributed by atoms with Crippen LogP contribution in [-0.4, -0.2) is 9.97 Å². The molecule has 4 heteroatoms. The second kappa shape index (κ2) is 10.1. The first-order chi connectivity index (χ1) is 19.6. The molecule has 0 atom stereocenters. The fourth-order valence-electron chi connectivity index (χ4n) is 6.18. The number of H-pyrrole nitrogens is 2. The molecule has 2 aliphatic carbocycles. The molecule has 0 amide bonds.